The monoisotopic (exact) mass is 428 g/mol. The molecule has 2 atom stereocenters. The Labute approximate surface area is 171 Å². The van der Waals surface area contributed by atoms with Gasteiger partial charge in [-0.3, -0.25) is 0 Å². The van der Waals surface area contributed by atoms with Crippen molar-refractivity contribution >= 4 is 11.4 Å². The lowest BCUT2D eigenvalue weighted by Gasteiger charge is -2.37. The second kappa shape index (κ2) is 8.62. The fraction of sp³-hybridized carbons (Fsp3) is 0.364. The second-order valence-electron chi connectivity index (χ2n) is 7.42. The molecule has 1 N–H and O–H groups in total. The van der Waals surface area contributed by atoms with Gasteiger partial charge < -0.3 is 10.2 Å². The molecule has 0 fully saturated rings. The minimum atomic E-state index is -4.31. The summed E-state index contributed by atoms with van der Waals surface area (Å²) in [4.78, 5) is 1.80. The van der Waals surface area contributed by atoms with Crippen LogP contribution in [-0.2, 0) is 6.54 Å². The van der Waals surface area contributed by atoms with Crippen molar-refractivity contribution in [3.05, 3.63) is 71.1 Å². The largest absolute Gasteiger partial charge is 0.395 e. The van der Waals surface area contributed by atoms with Crippen LogP contribution in [-0.4, -0.2) is 24.7 Å². The summed E-state index contributed by atoms with van der Waals surface area (Å²) in [5.41, 5.74) is 1.16. The van der Waals surface area contributed by atoms with Gasteiger partial charge in [0.25, 0.3) is 0 Å². The van der Waals surface area contributed by atoms with E-state index < -0.39 is 41.0 Å². The van der Waals surface area contributed by atoms with Crippen LogP contribution >= 0.6 is 0 Å². The Morgan fingerprint density at radius 2 is 1.63 bits per heavy atom. The average molecular weight is 428 g/mol. The normalized spacial score (nSPS) is 19.6. The molecular weight excluding hydrogens is 406 g/mol. The molecule has 8 heteroatoms. The highest BCUT2D eigenvalue weighted by Gasteiger charge is 2.45. The van der Waals surface area contributed by atoms with E-state index in [0.29, 0.717) is 36.0 Å². The molecule has 0 aromatic heterocycles. The molecule has 162 valence electrons. The molecule has 3 rings (SSSR count). The average Bonchev–Trinajstić information content (AvgIpc) is 2.70. The first kappa shape index (κ1) is 22.1. The van der Waals surface area contributed by atoms with Crippen molar-refractivity contribution in [1.29, 1.82) is 0 Å². The molecule has 0 spiro atoms. The number of alkyl halides is 3. The fourth-order valence-electron chi connectivity index (χ4n) is 3.74. The first-order valence-corrected chi connectivity index (χ1v) is 9.58. The van der Waals surface area contributed by atoms with Gasteiger partial charge in [-0.2, -0.15) is 13.2 Å². The molecule has 1 heterocycles. The van der Waals surface area contributed by atoms with Gasteiger partial charge in [0.2, 0.25) is 0 Å². The maximum atomic E-state index is 13.7. The Kier molecular flexibility index (Phi) is 6.33. The second-order valence-corrected chi connectivity index (χ2v) is 7.42. The molecule has 0 radical (unpaired) electrons. The zero-order valence-corrected chi connectivity index (χ0v) is 16.5. The Morgan fingerprint density at radius 3 is 2.23 bits per heavy atom. The van der Waals surface area contributed by atoms with Crippen molar-refractivity contribution in [3.63, 3.8) is 0 Å². The standard InChI is InChI=1S/C22H22F6N2/c1-3-13-12-30(2)20(10-17(13)22(26,27)28)14-4-6-15(7-5-14)29-11-16-18(23)8-9-19(24)21(16)25/h4-10,13,17,29H,3,11-12H2,1-2H3. The van der Waals surface area contributed by atoms with E-state index in [1.807, 2.05) is 0 Å². The summed E-state index contributed by atoms with van der Waals surface area (Å²) in [6.45, 7) is 1.77. The summed E-state index contributed by atoms with van der Waals surface area (Å²) in [7, 11) is 1.75. The lowest BCUT2D eigenvalue weighted by Crippen LogP contribution is -2.40. The van der Waals surface area contributed by atoms with E-state index in [-0.39, 0.29) is 6.54 Å². The van der Waals surface area contributed by atoms with Crippen molar-refractivity contribution < 1.29 is 26.3 Å². The predicted molar refractivity (Wildman–Crippen MR) is 104 cm³/mol. The molecule has 0 aliphatic carbocycles. The lowest BCUT2D eigenvalue weighted by molar-refractivity contribution is -0.176. The van der Waals surface area contributed by atoms with Gasteiger partial charge in [-0.1, -0.05) is 25.5 Å². The third-order valence-electron chi connectivity index (χ3n) is 5.46. The molecule has 2 nitrogen and oxygen atoms in total. The molecule has 0 bridgehead atoms. The number of anilines is 1. The third kappa shape index (κ3) is 4.57. The summed E-state index contributed by atoms with van der Waals surface area (Å²) in [5.74, 6) is -5.27. The van der Waals surface area contributed by atoms with E-state index in [9.17, 15) is 26.3 Å². The lowest BCUT2D eigenvalue weighted by atomic mass is 9.84. The summed E-state index contributed by atoms with van der Waals surface area (Å²) in [5, 5.41) is 2.80. The van der Waals surface area contributed by atoms with Crippen LogP contribution in [0.3, 0.4) is 0 Å². The highest BCUT2D eigenvalue weighted by Crippen LogP contribution is 2.41. The van der Waals surface area contributed by atoms with Gasteiger partial charge in [0.05, 0.1) is 5.92 Å². The summed E-state index contributed by atoms with van der Waals surface area (Å²) in [6.07, 6.45) is -2.63. The SMILES string of the molecule is CCC1CN(C)C(c2ccc(NCc3c(F)ccc(F)c3F)cc2)=CC1C(F)(F)F. The first-order valence-electron chi connectivity index (χ1n) is 9.58. The van der Waals surface area contributed by atoms with Crippen LogP contribution in [0.4, 0.5) is 32.0 Å². The van der Waals surface area contributed by atoms with E-state index >= 15 is 0 Å². The van der Waals surface area contributed by atoms with E-state index in [0.717, 1.165) is 6.07 Å². The molecule has 2 unspecified atom stereocenters. The van der Waals surface area contributed by atoms with E-state index in [1.54, 1.807) is 43.1 Å². The molecule has 0 saturated heterocycles. The van der Waals surface area contributed by atoms with Gasteiger partial charge >= 0.3 is 6.18 Å². The van der Waals surface area contributed by atoms with Crippen molar-refractivity contribution in [3.8, 4) is 0 Å². The number of benzene rings is 2. The number of allylic oxidation sites excluding steroid dienone is 1. The van der Waals surface area contributed by atoms with Crippen LogP contribution in [0.2, 0.25) is 0 Å². The summed E-state index contributed by atoms with van der Waals surface area (Å²) >= 11 is 0. The number of hydrogen-bond donors (Lipinski definition) is 1. The minimum Gasteiger partial charge on any atom is -0.381 e. The molecular formula is C22H22F6N2. The third-order valence-corrected chi connectivity index (χ3v) is 5.46. The molecule has 2 aromatic carbocycles. The van der Waals surface area contributed by atoms with E-state index in [4.69, 9.17) is 0 Å². The van der Waals surface area contributed by atoms with Crippen molar-refractivity contribution in [2.45, 2.75) is 26.1 Å². The Morgan fingerprint density at radius 1 is 1.00 bits per heavy atom. The van der Waals surface area contributed by atoms with Crippen LogP contribution < -0.4 is 5.32 Å². The Balaban J connectivity index is 1.78. The topological polar surface area (TPSA) is 15.3 Å². The van der Waals surface area contributed by atoms with E-state index in [1.165, 1.54) is 6.08 Å². The fourth-order valence-corrected chi connectivity index (χ4v) is 3.74. The maximum Gasteiger partial charge on any atom is 0.395 e. The van der Waals surface area contributed by atoms with Crippen molar-refractivity contribution in [1.82, 2.24) is 4.90 Å². The smallest absolute Gasteiger partial charge is 0.381 e. The van der Waals surface area contributed by atoms with Crippen molar-refractivity contribution in [2.75, 3.05) is 18.9 Å². The van der Waals surface area contributed by atoms with Gasteiger partial charge in [0.15, 0.2) is 11.6 Å². The van der Waals surface area contributed by atoms with Crippen LogP contribution in [0, 0.1) is 29.3 Å². The van der Waals surface area contributed by atoms with Gasteiger partial charge in [-0.25, -0.2) is 13.2 Å². The number of hydrogen-bond acceptors (Lipinski definition) is 2. The molecule has 0 saturated carbocycles. The van der Waals surface area contributed by atoms with Crippen molar-refractivity contribution in [2.24, 2.45) is 11.8 Å². The molecule has 0 amide bonds. The number of halogens is 6. The molecule has 2 aromatic rings. The summed E-state index contributed by atoms with van der Waals surface area (Å²) < 4.78 is 81.1. The van der Waals surface area contributed by atoms with Gasteiger partial charge in [-0.05, 0) is 41.8 Å². The Bertz CT molecular complexity index is 920. The van der Waals surface area contributed by atoms with Gasteiger partial charge in [0, 0.05) is 37.1 Å². The Hall–Kier alpha value is -2.64. The van der Waals surface area contributed by atoms with Crippen LogP contribution in [0.25, 0.3) is 5.70 Å². The first-order chi connectivity index (χ1) is 14.1. The zero-order valence-electron chi connectivity index (χ0n) is 16.5. The van der Waals surface area contributed by atoms with E-state index in [2.05, 4.69) is 5.32 Å². The van der Waals surface area contributed by atoms with Crippen LogP contribution in [0.15, 0.2) is 42.5 Å². The predicted octanol–water partition coefficient (Wildman–Crippen LogP) is 6.21. The quantitative estimate of drug-likeness (QED) is 0.450. The molecule has 1 aliphatic heterocycles. The molecule has 30 heavy (non-hydrogen) atoms. The van der Waals surface area contributed by atoms with Gasteiger partial charge in [0.1, 0.15) is 5.82 Å². The molecule has 1 aliphatic rings. The highest BCUT2D eigenvalue weighted by molar-refractivity contribution is 5.67. The van der Waals surface area contributed by atoms with Crippen LogP contribution in [0.5, 0.6) is 0 Å². The zero-order chi connectivity index (χ0) is 22.1. The summed E-state index contributed by atoms with van der Waals surface area (Å²) in [6, 6.07) is 8.06. The maximum absolute atomic E-state index is 13.7. The van der Waals surface area contributed by atoms with Crippen LogP contribution in [0.1, 0.15) is 24.5 Å². The van der Waals surface area contributed by atoms with Gasteiger partial charge in [-0.15, -0.1) is 0 Å². The minimum absolute atomic E-state index is 0.272. The number of nitrogens with one attached hydrogen (secondary N) is 1. The number of rotatable bonds is 5. The number of nitrogens with zero attached hydrogens (tertiary/aromatic N) is 1. The highest BCUT2D eigenvalue weighted by atomic mass is 19.4.